The Morgan fingerprint density at radius 1 is 0.978 bits per heavy atom. The average molecular weight is 666 g/mol. The summed E-state index contributed by atoms with van der Waals surface area (Å²) in [6.45, 7) is 0.473. The topological polar surface area (TPSA) is 115 Å². The largest absolute Gasteiger partial charge is 0.465 e. The van der Waals surface area contributed by atoms with Crippen LogP contribution in [0.2, 0.25) is 5.02 Å². The SMILES string of the molecule is O=C(NCc1cc2cnccc2s1)[C@@H]1C(c2ccccc2Cl)N(C(=O)O)CCN1C(=O)C(CC1CCCCC1)NC1CCCCC1. The van der Waals surface area contributed by atoms with Crippen molar-refractivity contribution in [1.29, 1.82) is 0 Å². The van der Waals surface area contributed by atoms with Crippen LogP contribution in [0.15, 0.2) is 48.8 Å². The molecule has 1 saturated heterocycles. The van der Waals surface area contributed by atoms with Crippen LogP contribution < -0.4 is 10.6 Å². The van der Waals surface area contributed by atoms with Crippen LogP contribution >= 0.6 is 22.9 Å². The van der Waals surface area contributed by atoms with E-state index in [0.717, 1.165) is 59.9 Å². The molecule has 0 spiro atoms. The molecule has 9 nitrogen and oxygen atoms in total. The van der Waals surface area contributed by atoms with Crippen LogP contribution in [-0.2, 0) is 16.1 Å². The second-order valence-electron chi connectivity index (χ2n) is 13.1. The zero-order chi connectivity index (χ0) is 32.0. The molecule has 6 rings (SSSR count). The van der Waals surface area contributed by atoms with Gasteiger partial charge in [-0.15, -0.1) is 11.3 Å². The van der Waals surface area contributed by atoms with Gasteiger partial charge in [0.2, 0.25) is 11.8 Å². The number of carbonyl (C=O) groups is 3. The molecule has 2 aromatic heterocycles. The molecule has 3 heterocycles. The number of fused-ring (bicyclic) bond motifs is 1. The van der Waals surface area contributed by atoms with E-state index in [1.165, 1.54) is 30.6 Å². The summed E-state index contributed by atoms with van der Waals surface area (Å²) >= 11 is 8.26. The predicted molar refractivity (Wildman–Crippen MR) is 181 cm³/mol. The first kappa shape index (κ1) is 32.7. The van der Waals surface area contributed by atoms with Crippen LogP contribution in [0.25, 0.3) is 10.1 Å². The van der Waals surface area contributed by atoms with Crippen molar-refractivity contribution in [1.82, 2.24) is 25.4 Å². The molecule has 2 aliphatic carbocycles. The quantitative estimate of drug-likeness (QED) is 0.233. The van der Waals surface area contributed by atoms with Crippen molar-refractivity contribution in [3.8, 4) is 0 Å². The summed E-state index contributed by atoms with van der Waals surface area (Å²) < 4.78 is 1.07. The van der Waals surface area contributed by atoms with E-state index in [0.29, 0.717) is 16.5 Å². The van der Waals surface area contributed by atoms with Crippen molar-refractivity contribution < 1.29 is 19.5 Å². The number of piperazine rings is 1. The highest BCUT2D eigenvalue weighted by Crippen LogP contribution is 2.37. The maximum absolute atomic E-state index is 14.8. The Hall–Kier alpha value is -3.21. The Labute approximate surface area is 279 Å². The minimum Gasteiger partial charge on any atom is -0.465 e. The summed E-state index contributed by atoms with van der Waals surface area (Å²) in [4.78, 5) is 49.9. The fourth-order valence-electron chi connectivity index (χ4n) is 7.69. The minimum absolute atomic E-state index is 0.0869. The number of carbonyl (C=O) groups excluding carboxylic acids is 2. The normalized spacial score (nSPS) is 22.1. The number of rotatable bonds is 9. The molecule has 46 heavy (non-hydrogen) atoms. The first-order valence-corrected chi connectivity index (χ1v) is 18.0. The zero-order valence-corrected chi connectivity index (χ0v) is 27.8. The summed E-state index contributed by atoms with van der Waals surface area (Å²) in [5.74, 6) is -0.0617. The molecule has 1 aliphatic heterocycles. The van der Waals surface area contributed by atoms with E-state index in [4.69, 9.17) is 11.6 Å². The molecular weight excluding hydrogens is 622 g/mol. The molecule has 0 radical (unpaired) electrons. The molecule has 0 bridgehead atoms. The highest BCUT2D eigenvalue weighted by molar-refractivity contribution is 7.19. The van der Waals surface area contributed by atoms with Gasteiger partial charge >= 0.3 is 6.09 Å². The maximum Gasteiger partial charge on any atom is 0.407 e. The number of benzene rings is 1. The van der Waals surface area contributed by atoms with Crippen LogP contribution in [0.1, 0.15) is 87.1 Å². The Bertz CT molecular complexity index is 1470. The van der Waals surface area contributed by atoms with Crippen molar-refractivity contribution in [3.63, 3.8) is 0 Å². The fraction of sp³-hybridized carbons (Fsp3) is 0.543. The summed E-state index contributed by atoms with van der Waals surface area (Å²) in [5, 5.41) is 18.5. The third-order valence-corrected chi connectivity index (χ3v) is 11.5. The number of aromatic nitrogens is 1. The number of halogens is 1. The van der Waals surface area contributed by atoms with Gasteiger partial charge < -0.3 is 20.6 Å². The van der Waals surface area contributed by atoms with Crippen LogP contribution in [0.3, 0.4) is 0 Å². The molecule has 3 N–H and O–H groups in total. The van der Waals surface area contributed by atoms with Gasteiger partial charge in [-0.2, -0.15) is 0 Å². The smallest absolute Gasteiger partial charge is 0.407 e. The lowest BCUT2D eigenvalue weighted by molar-refractivity contribution is -0.149. The van der Waals surface area contributed by atoms with E-state index in [9.17, 15) is 19.5 Å². The monoisotopic (exact) mass is 665 g/mol. The second kappa shape index (κ2) is 15.1. The van der Waals surface area contributed by atoms with E-state index in [-0.39, 0.29) is 31.6 Å². The van der Waals surface area contributed by atoms with Crippen molar-refractivity contribution in [2.45, 2.75) is 101 Å². The van der Waals surface area contributed by atoms with Gasteiger partial charge in [0.05, 0.1) is 18.6 Å². The number of nitrogens with zero attached hydrogens (tertiary/aromatic N) is 3. The third-order valence-electron chi connectivity index (χ3n) is 10.0. The Kier molecular flexibility index (Phi) is 10.8. The van der Waals surface area contributed by atoms with Gasteiger partial charge in [0.15, 0.2) is 0 Å². The number of nitrogens with one attached hydrogen (secondary N) is 2. The summed E-state index contributed by atoms with van der Waals surface area (Å²) in [6.07, 6.45) is 14.5. The lowest BCUT2D eigenvalue weighted by Crippen LogP contribution is -2.65. The van der Waals surface area contributed by atoms with Crippen LogP contribution in [-0.4, -0.2) is 69.0 Å². The van der Waals surface area contributed by atoms with Gasteiger partial charge in [-0.1, -0.05) is 81.2 Å². The summed E-state index contributed by atoms with van der Waals surface area (Å²) in [7, 11) is 0. The average Bonchev–Trinajstić information content (AvgIpc) is 3.50. The number of hydrogen-bond acceptors (Lipinski definition) is 6. The Balaban J connectivity index is 1.33. The van der Waals surface area contributed by atoms with Gasteiger partial charge in [0, 0.05) is 51.5 Å². The Morgan fingerprint density at radius 2 is 1.70 bits per heavy atom. The summed E-state index contributed by atoms with van der Waals surface area (Å²) in [5.41, 5.74) is 0.515. The summed E-state index contributed by atoms with van der Waals surface area (Å²) in [6, 6.07) is 8.76. The highest BCUT2D eigenvalue weighted by atomic mass is 35.5. The second-order valence-corrected chi connectivity index (χ2v) is 14.6. The van der Waals surface area contributed by atoms with Crippen LogP contribution in [0.5, 0.6) is 0 Å². The lowest BCUT2D eigenvalue weighted by Gasteiger charge is -2.47. The van der Waals surface area contributed by atoms with E-state index < -0.39 is 30.1 Å². The molecule has 2 saturated carbocycles. The minimum atomic E-state index is -1.15. The molecule has 1 aromatic carbocycles. The molecule has 3 aromatic rings. The number of hydrogen-bond donors (Lipinski definition) is 3. The fourth-order valence-corrected chi connectivity index (χ4v) is 8.91. The maximum atomic E-state index is 14.8. The zero-order valence-electron chi connectivity index (χ0n) is 26.2. The molecule has 246 valence electrons. The number of carboxylic acid groups (broad SMARTS) is 1. The van der Waals surface area contributed by atoms with Crippen molar-refractivity contribution in [3.05, 3.63) is 64.3 Å². The number of amides is 3. The van der Waals surface area contributed by atoms with Gasteiger partial charge in [0.1, 0.15) is 6.04 Å². The van der Waals surface area contributed by atoms with E-state index in [2.05, 4.69) is 15.6 Å². The van der Waals surface area contributed by atoms with Gasteiger partial charge in [-0.25, -0.2) is 4.79 Å². The first-order valence-electron chi connectivity index (χ1n) is 16.8. The van der Waals surface area contributed by atoms with Gasteiger partial charge in [-0.05, 0) is 48.9 Å². The molecule has 3 fully saturated rings. The number of pyridine rings is 1. The first-order chi connectivity index (χ1) is 22.4. The predicted octanol–water partition coefficient (Wildman–Crippen LogP) is 6.76. The molecular formula is C35H44ClN5O4S. The van der Waals surface area contributed by atoms with E-state index >= 15 is 0 Å². The van der Waals surface area contributed by atoms with E-state index in [1.54, 1.807) is 52.9 Å². The van der Waals surface area contributed by atoms with Crippen LogP contribution in [0.4, 0.5) is 4.79 Å². The van der Waals surface area contributed by atoms with E-state index in [1.807, 2.05) is 12.1 Å². The van der Waals surface area contributed by atoms with Gasteiger partial charge in [0.25, 0.3) is 0 Å². The molecule has 2 unspecified atom stereocenters. The molecule has 3 amide bonds. The molecule has 3 atom stereocenters. The molecule has 11 heteroatoms. The Morgan fingerprint density at radius 3 is 2.41 bits per heavy atom. The highest BCUT2D eigenvalue weighted by Gasteiger charge is 2.48. The standard InChI is InChI=1S/C35H44ClN5O4S/c36-28-14-8-7-13-27(28)31-32(33(42)38-22-26-20-24-21-37-16-15-30(24)46-26)40(17-18-41(31)35(44)45)34(43)29(19-23-9-3-1-4-10-23)39-25-11-5-2-6-12-25/h7-8,13-16,20-21,23,25,29,31-32,39H,1-6,9-12,17-19,22H2,(H,38,42)(H,44,45)/t29?,31?,32-/m0/s1. The van der Waals surface area contributed by atoms with Crippen LogP contribution in [0, 0.1) is 5.92 Å². The van der Waals surface area contributed by atoms with Crippen molar-refractivity contribution >= 4 is 50.9 Å². The third kappa shape index (κ3) is 7.50. The van der Waals surface area contributed by atoms with Crippen molar-refractivity contribution in [2.75, 3.05) is 13.1 Å². The van der Waals surface area contributed by atoms with Crippen molar-refractivity contribution in [2.24, 2.45) is 5.92 Å². The number of thiophene rings is 1. The molecule has 3 aliphatic rings. The lowest BCUT2D eigenvalue weighted by atomic mass is 9.83. The van der Waals surface area contributed by atoms with Gasteiger partial charge in [-0.3, -0.25) is 19.5 Å².